The molecule has 0 saturated carbocycles. The van der Waals surface area contributed by atoms with Gasteiger partial charge in [-0.15, -0.1) is 0 Å². The van der Waals surface area contributed by atoms with Gasteiger partial charge in [0.15, 0.2) is 0 Å². The Bertz CT molecular complexity index is 287. The fourth-order valence-corrected chi connectivity index (χ4v) is 1.20. The van der Waals surface area contributed by atoms with Gasteiger partial charge >= 0.3 is 0 Å². The first-order valence-electron chi connectivity index (χ1n) is 4.27. The van der Waals surface area contributed by atoms with E-state index in [1.54, 1.807) is 25.2 Å². The zero-order valence-corrected chi connectivity index (χ0v) is 7.91. The number of hydrogen-bond donors (Lipinski definition) is 3. The van der Waals surface area contributed by atoms with Crippen LogP contribution >= 0.6 is 0 Å². The molecule has 14 heavy (non-hydrogen) atoms. The van der Waals surface area contributed by atoms with Gasteiger partial charge in [0, 0.05) is 6.54 Å². The van der Waals surface area contributed by atoms with Crippen LogP contribution in [0.15, 0.2) is 18.2 Å². The Morgan fingerprint density at radius 3 is 2.57 bits per heavy atom. The van der Waals surface area contributed by atoms with Crippen LogP contribution in [0.1, 0.15) is 24.7 Å². The third-order valence-corrected chi connectivity index (χ3v) is 2.00. The summed E-state index contributed by atoms with van der Waals surface area (Å²) in [5, 5.41) is 21.7. The molecule has 0 radical (unpaired) electrons. The third-order valence-electron chi connectivity index (χ3n) is 2.00. The van der Waals surface area contributed by atoms with E-state index in [1.165, 1.54) is 0 Å². The first-order valence-corrected chi connectivity index (χ1v) is 4.27. The number of hydrogen-bond acceptors (Lipinski definition) is 3. The zero-order chi connectivity index (χ0) is 9.84. The quantitative estimate of drug-likeness (QED) is 0.689. The number of aliphatic hydroxyl groups is 1. The van der Waals surface area contributed by atoms with Crippen molar-refractivity contribution in [3.8, 4) is 5.75 Å². The molecule has 0 heterocycles. The minimum absolute atomic E-state index is 0. The molecule has 0 amide bonds. The summed E-state index contributed by atoms with van der Waals surface area (Å²) in [6.07, 6.45) is -0.510. The first kappa shape index (κ1) is 12.9. The second-order valence-corrected chi connectivity index (χ2v) is 3.12. The summed E-state index contributed by atoms with van der Waals surface area (Å²) in [4.78, 5) is 0. The summed E-state index contributed by atoms with van der Waals surface area (Å²) < 4.78 is 0. The molecule has 3 N–H and O–H groups in total. The number of rotatable bonds is 3. The number of phenolic OH excluding ortho intramolecular Hbond substituents is 1. The summed E-state index contributed by atoms with van der Waals surface area (Å²) in [6.45, 7) is 2.33. The highest BCUT2D eigenvalue weighted by Gasteiger charge is 2.07. The Balaban J connectivity index is 0.00000169. The van der Waals surface area contributed by atoms with Gasteiger partial charge in [-0.2, -0.15) is 0 Å². The van der Waals surface area contributed by atoms with Crippen molar-refractivity contribution in [1.29, 1.82) is 0 Å². The molecular formula is C11H19NO2. The van der Waals surface area contributed by atoms with Crippen LogP contribution in [-0.2, 0) is 0 Å². The number of phenols is 1. The van der Waals surface area contributed by atoms with Gasteiger partial charge < -0.3 is 15.5 Å². The number of nitrogens with one attached hydrogen (secondary N) is 1. The number of aliphatic hydroxyl groups excluding tert-OH is 1. The summed E-state index contributed by atoms with van der Waals surface area (Å²) in [5.41, 5.74) is 1.61. The number of likely N-dealkylation sites (N-methyl/N-ethyl adjacent to an activating group) is 1. The Kier molecular flexibility index (Phi) is 5.20. The van der Waals surface area contributed by atoms with Crippen LogP contribution in [0, 0.1) is 6.92 Å². The zero-order valence-electron chi connectivity index (χ0n) is 7.91. The van der Waals surface area contributed by atoms with Crippen molar-refractivity contribution < 1.29 is 10.2 Å². The fourth-order valence-electron chi connectivity index (χ4n) is 1.20. The molecule has 80 valence electrons. The predicted octanol–water partition coefficient (Wildman–Crippen LogP) is 1.59. The molecule has 0 aromatic heterocycles. The van der Waals surface area contributed by atoms with Gasteiger partial charge in [-0.25, -0.2) is 0 Å². The van der Waals surface area contributed by atoms with Crippen molar-refractivity contribution in [2.24, 2.45) is 0 Å². The lowest BCUT2D eigenvalue weighted by atomic mass is 10.1. The molecule has 3 nitrogen and oxygen atoms in total. The third kappa shape index (κ3) is 3.01. The molecule has 3 heteroatoms. The number of benzene rings is 1. The summed E-state index contributed by atoms with van der Waals surface area (Å²) in [7, 11) is 1.79. The molecule has 0 bridgehead atoms. The standard InChI is InChI=1S/C10H15NO2.CH4/c1-7-5-8(3-4-9(7)12)10(13)6-11-2;/h3-5,10-13H,6H2,1-2H3;1H4. The van der Waals surface area contributed by atoms with Gasteiger partial charge in [-0.3, -0.25) is 0 Å². The maximum absolute atomic E-state index is 9.59. The lowest BCUT2D eigenvalue weighted by molar-refractivity contribution is 0.177. The number of aryl methyl sites for hydroxylation is 1. The molecule has 1 aromatic rings. The second kappa shape index (κ2) is 5.62. The Hall–Kier alpha value is -1.06. The minimum Gasteiger partial charge on any atom is -0.508 e. The largest absolute Gasteiger partial charge is 0.508 e. The maximum Gasteiger partial charge on any atom is 0.118 e. The Labute approximate surface area is 85.4 Å². The van der Waals surface area contributed by atoms with E-state index < -0.39 is 6.10 Å². The molecule has 0 fully saturated rings. The highest BCUT2D eigenvalue weighted by molar-refractivity contribution is 5.35. The lowest BCUT2D eigenvalue weighted by Gasteiger charge is -2.11. The molecule has 1 aromatic carbocycles. The van der Waals surface area contributed by atoms with E-state index in [4.69, 9.17) is 0 Å². The first-order chi connectivity index (χ1) is 6.15. The maximum atomic E-state index is 9.59. The van der Waals surface area contributed by atoms with E-state index >= 15 is 0 Å². The van der Waals surface area contributed by atoms with E-state index in [0.29, 0.717) is 6.54 Å². The lowest BCUT2D eigenvalue weighted by Crippen LogP contribution is -2.16. The van der Waals surface area contributed by atoms with Crippen LogP contribution in [0.25, 0.3) is 0 Å². The molecule has 0 aliphatic carbocycles. The minimum atomic E-state index is -0.510. The summed E-state index contributed by atoms with van der Waals surface area (Å²) in [5.74, 6) is 0.264. The van der Waals surface area contributed by atoms with Crippen LogP contribution in [0.2, 0.25) is 0 Å². The highest BCUT2D eigenvalue weighted by Crippen LogP contribution is 2.20. The van der Waals surface area contributed by atoms with Crippen molar-refractivity contribution in [3.63, 3.8) is 0 Å². The molecule has 0 aliphatic heterocycles. The predicted molar refractivity (Wildman–Crippen MR) is 58.5 cm³/mol. The SMILES string of the molecule is C.CNCC(O)c1ccc(O)c(C)c1. The average molecular weight is 197 g/mol. The van der Waals surface area contributed by atoms with E-state index in [-0.39, 0.29) is 13.2 Å². The molecular weight excluding hydrogens is 178 g/mol. The smallest absolute Gasteiger partial charge is 0.118 e. The van der Waals surface area contributed by atoms with Gasteiger partial charge in [0.2, 0.25) is 0 Å². The number of aromatic hydroxyl groups is 1. The molecule has 1 unspecified atom stereocenters. The van der Waals surface area contributed by atoms with E-state index in [9.17, 15) is 10.2 Å². The Morgan fingerprint density at radius 2 is 2.07 bits per heavy atom. The Morgan fingerprint density at radius 1 is 1.43 bits per heavy atom. The summed E-state index contributed by atoms with van der Waals surface area (Å²) >= 11 is 0. The fraction of sp³-hybridized carbons (Fsp3) is 0.455. The molecule has 1 atom stereocenters. The van der Waals surface area contributed by atoms with E-state index in [1.807, 2.05) is 6.92 Å². The van der Waals surface area contributed by atoms with Crippen LogP contribution < -0.4 is 5.32 Å². The van der Waals surface area contributed by atoms with Crippen LogP contribution in [0.4, 0.5) is 0 Å². The molecule has 0 aliphatic rings. The highest BCUT2D eigenvalue weighted by atomic mass is 16.3. The van der Waals surface area contributed by atoms with E-state index in [2.05, 4.69) is 5.32 Å². The molecule has 1 rings (SSSR count). The van der Waals surface area contributed by atoms with Gasteiger partial charge in [-0.1, -0.05) is 13.5 Å². The second-order valence-electron chi connectivity index (χ2n) is 3.12. The van der Waals surface area contributed by atoms with Gasteiger partial charge in [-0.05, 0) is 37.2 Å². The van der Waals surface area contributed by atoms with Crippen molar-refractivity contribution in [1.82, 2.24) is 5.32 Å². The van der Waals surface area contributed by atoms with Gasteiger partial charge in [0.05, 0.1) is 6.10 Å². The van der Waals surface area contributed by atoms with Crippen molar-refractivity contribution in [2.45, 2.75) is 20.5 Å². The summed E-state index contributed by atoms with van der Waals surface area (Å²) in [6, 6.07) is 5.12. The van der Waals surface area contributed by atoms with Crippen molar-refractivity contribution >= 4 is 0 Å². The molecule has 0 saturated heterocycles. The van der Waals surface area contributed by atoms with Crippen molar-refractivity contribution in [3.05, 3.63) is 29.3 Å². The average Bonchev–Trinajstić information content (AvgIpc) is 2.10. The van der Waals surface area contributed by atoms with E-state index in [0.717, 1.165) is 11.1 Å². The van der Waals surface area contributed by atoms with Crippen molar-refractivity contribution in [2.75, 3.05) is 13.6 Å². The van der Waals surface area contributed by atoms with Crippen LogP contribution in [0.5, 0.6) is 5.75 Å². The normalized spacial score (nSPS) is 11.9. The van der Waals surface area contributed by atoms with Crippen LogP contribution in [-0.4, -0.2) is 23.8 Å². The van der Waals surface area contributed by atoms with Gasteiger partial charge in [0.25, 0.3) is 0 Å². The van der Waals surface area contributed by atoms with Gasteiger partial charge in [0.1, 0.15) is 5.75 Å². The molecule has 0 spiro atoms. The van der Waals surface area contributed by atoms with Crippen LogP contribution in [0.3, 0.4) is 0 Å². The monoisotopic (exact) mass is 197 g/mol. The topological polar surface area (TPSA) is 52.5 Å².